The van der Waals surface area contributed by atoms with Crippen LogP contribution in [0.4, 0.5) is 0 Å². The van der Waals surface area contributed by atoms with Crippen molar-refractivity contribution in [1.29, 1.82) is 0 Å². The Morgan fingerprint density at radius 1 is 1.11 bits per heavy atom. The Labute approximate surface area is 165 Å². The first kappa shape index (κ1) is 19.5. The summed E-state index contributed by atoms with van der Waals surface area (Å²) in [5.74, 6) is 1.50. The molecule has 0 amide bonds. The second-order valence-electron chi connectivity index (χ2n) is 5.48. The number of benzene rings is 2. The molecule has 8 nitrogen and oxygen atoms in total. The summed E-state index contributed by atoms with van der Waals surface area (Å²) in [5.41, 5.74) is 0.619. The van der Waals surface area contributed by atoms with E-state index in [0.717, 1.165) is 0 Å². The molecular formula is C19H17ClN2O6. The molecule has 0 radical (unpaired) electrons. The van der Waals surface area contributed by atoms with Gasteiger partial charge in [-0.05, 0) is 30.3 Å². The van der Waals surface area contributed by atoms with Crippen molar-refractivity contribution >= 4 is 17.6 Å². The molecule has 28 heavy (non-hydrogen) atoms. The van der Waals surface area contributed by atoms with Crippen molar-refractivity contribution < 1.29 is 28.3 Å². The van der Waals surface area contributed by atoms with Crippen molar-refractivity contribution in [2.45, 2.75) is 6.61 Å². The summed E-state index contributed by atoms with van der Waals surface area (Å²) in [4.78, 5) is 16.0. The molecule has 1 heterocycles. The minimum absolute atomic E-state index is 0.143. The third-order valence-electron chi connectivity index (χ3n) is 3.63. The van der Waals surface area contributed by atoms with Gasteiger partial charge in [-0.15, -0.1) is 0 Å². The van der Waals surface area contributed by atoms with Crippen LogP contribution in [0.15, 0.2) is 47.0 Å². The van der Waals surface area contributed by atoms with Crippen LogP contribution in [0.5, 0.6) is 17.2 Å². The van der Waals surface area contributed by atoms with Gasteiger partial charge in [0.15, 0.2) is 13.2 Å². The normalized spacial score (nSPS) is 10.4. The summed E-state index contributed by atoms with van der Waals surface area (Å²) in [5, 5.41) is 4.40. The summed E-state index contributed by atoms with van der Waals surface area (Å²) in [6.07, 6.45) is 0. The molecule has 0 unspecified atom stereocenters. The van der Waals surface area contributed by atoms with Gasteiger partial charge < -0.3 is 23.5 Å². The monoisotopic (exact) mass is 404 g/mol. The molecule has 0 N–H and O–H groups in total. The van der Waals surface area contributed by atoms with E-state index in [2.05, 4.69) is 10.1 Å². The predicted molar refractivity (Wildman–Crippen MR) is 99.6 cm³/mol. The Balaban J connectivity index is 1.57. The average molecular weight is 405 g/mol. The predicted octanol–water partition coefficient (Wildman–Crippen LogP) is 3.53. The first-order valence-electron chi connectivity index (χ1n) is 8.18. The molecule has 0 spiro atoms. The highest BCUT2D eigenvalue weighted by molar-refractivity contribution is 6.30. The number of carbonyl (C=O) groups excluding carboxylic acids is 1. The van der Waals surface area contributed by atoms with Crippen LogP contribution in [-0.4, -0.2) is 36.9 Å². The van der Waals surface area contributed by atoms with Gasteiger partial charge in [0.05, 0.1) is 19.8 Å². The van der Waals surface area contributed by atoms with E-state index in [4.69, 9.17) is 35.1 Å². The van der Waals surface area contributed by atoms with Crippen molar-refractivity contribution in [2.24, 2.45) is 0 Å². The van der Waals surface area contributed by atoms with Gasteiger partial charge in [-0.25, -0.2) is 4.79 Å². The van der Waals surface area contributed by atoms with Crippen LogP contribution >= 0.6 is 11.6 Å². The number of hydrogen-bond donors (Lipinski definition) is 0. The number of ether oxygens (including phenoxy) is 4. The van der Waals surface area contributed by atoms with E-state index < -0.39 is 5.97 Å². The number of carbonyl (C=O) groups is 1. The molecule has 3 aromatic rings. The fourth-order valence-corrected chi connectivity index (χ4v) is 2.47. The zero-order chi connectivity index (χ0) is 19.9. The van der Waals surface area contributed by atoms with Gasteiger partial charge in [-0.2, -0.15) is 4.98 Å². The first-order valence-corrected chi connectivity index (χ1v) is 8.56. The summed E-state index contributed by atoms with van der Waals surface area (Å²) in [7, 11) is 3.09. The summed E-state index contributed by atoms with van der Waals surface area (Å²) in [6, 6.07) is 11.9. The van der Waals surface area contributed by atoms with Crippen molar-refractivity contribution in [2.75, 3.05) is 20.8 Å². The average Bonchev–Trinajstić information content (AvgIpc) is 3.19. The molecule has 3 rings (SSSR count). The number of rotatable bonds is 8. The molecule has 0 fully saturated rings. The lowest BCUT2D eigenvalue weighted by molar-refractivity contribution is -0.148. The number of methoxy groups -OCH3 is 2. The maximum Gasteiger partial charge on any atom is 0.344 e. The van der Waals surface area contributed by atoms with Gasteiger partial charge in [0.1, 0.15) is 17.2 Å². The van der Waals surface area contributed by atoms with Crippen LogP contribution in [0.3, 0.4) is 0 Å². The van der Waals surface area contributed by atoms with Crippen LogP contribution in [0.25, 0.3) is 11.4 Å². The van der Waals surface area contributed by atoms with E-state index in [1.807, 2.05) is 0 Å². The van der Waals surface area contributed by atoms with Gasteiger partial charge in [0.2, 0.25) is 5.82 Å². The SMILES string of the molecule is COc1ccc(-c2noc(COC(=O)COc3cccc(Cl)c3)n2)c(OC)c1. The number of nitrogens with zero attached hydrogens (tertiary/aromatic N) is 2. The van der Waals surface area contributed by atoms with Gasteiger partial charge in [-0.1, -0.05) is 22.8 Å². The third kappa shape index (κ3) is 4.92. The van der Waals surface area contributed by atoms with Crippen molar-refractivity contribution in [3.05, 3.63) is 53.4 Å². The summed E-state index contributed by atoms with van der Waals surface area (Å²) in [6.45, 7) is -0.448. The topological polar surface area (TPSA) is 92.9 Å². The Morgan fingerprint density at radius 2 is 1.96 bits per heavy atom. The van der Waals surface area contributed by atoms with Crippen LogP contribution < -0.4 is 14.2 Å². The fourth-order valence-electron chi connectivity index (χ4n) is 2.29. The quantitative estimate of drug-likeness (QED) is 0.526. The first-order chi connectivity index (χ1) is 13.6. The fraction of sp³-hybridized carbons (Fsp3) is 0.211. The third-order valence-corrected chi connectivity index (χ3v) is 3.86. The van der Waals surface area contributed by atoms with Crippen LogP contribution in [0, 0.1) is 0 Å². The molecule has 2 aromatic carbocycles. The van der Waals surface area contributed by atoms with E-state index >= 15 is 0 Å². The van der Waals surface area contributed by atoms with Gasteiger partial charge >= 0.3 is 5.97 Å². The van der Waals surface area contributed by atoms with Crippen molar-refractivity contribution in [1.82, 2.24) is 10.1 Å². The second kappa shape index (κ2) is 9.09. The Bertz CT molecular complexity index is 959. The standard InChI is InChI=1S/C19H17ClN2O6/c1-24-13-6-7-15(16(9-13)25-2)19-21-17(28-22-19)10-27-18(23)11-26-14-5-3-4-12(20)8-14/h3-9H,10-11H2,1-2H3. The molecule has 0 atom stereocenters. The van der Waals surface area contributed by atoms with E-state index in [-0.39, 0.29) is 19.1 Å². The molecule has 9 heteroatoms. The van der Waals surface area contributed by atoms with Crippen molar-refractivity contribution in [3.8, 4) is 28.6 Å². The summed E-state index contributed by atoms with van der Waals surface area (Å²) >= 11 is 5.85. The molecule has 146 valence electrons. The van der Waals surface area contributed by atoms with Crippen LogP contribution in [-0.2, 0) is 16.1 Å². The van der Waals surface area contributed by atoms with E-state index in [0.29, 0.717) is 33.7 Å². The van der Waals surface area contributed by atoms with Gasteiger partial charge in [0, 0.05) is 11.1 Å². The minimum Gasteiger partial charge on any atom is -0.497 e. The Hall–Kier alpha value is -3.26. The molecule has 0 aliphatic rings. The minimum atomic E-state index is -0.582. The lowest BCUT2D eigenvalue weighted by atomic mass is 10.2. The Kier molecular flexibility index (Phi) is 6.33. The maximum atomic E-state index is 11.8. The highest BCUT2D eigenvalue weighted by atomic mass is 35.5. The molecule has 0 saturated carbocycles. The van der Waals surface area contributed by atoms with Crippen LogP contribution in [0.2, 0.25) is 5.02 Å². The number of halogens is 1. The lowest BCUT2D eigenvalue weighted by Crippen LogP contribution is -2.14. The van der Waals surface area contributed by atoms with Crippen molar-refractivity contribution in [3.63, 3.8) is 0 Å². The highest BCUT2D eigenvalue weighted by Gasteiger charge is 2.15. The van der Waals surface area contributed by atoms with Gasteiger partial charge in [0.25, 0.3) is 5.89 Å². The number of hydrogen-bond acceptors (Lipinski definition) is 8. The lowest BCUT2D eigenvalue weighted by Gasteiger charge is -2.07. The molecule has 1 aromatic heterocycles. The molecular weight excluding hydrogens is 388 g/mol. The smallest absolute Gasteiger partial charge is 0.344 e. The Morgan fingerprint density at radius 3 is 2.71 bits per heavy atom. The number of aromatic nitrogens is 2. The molecule has 0 bridgehead atoms. The van der Waals surface area contributed by atoms with Crippen LogP contribution in [0.1, 0.15) is 5.89 Å². The van der Waals surface area contributed by atoms with E-state index in [1.54, 1.807) is 49.6 Å². The second-order valence-corrected chi connectivity index (χ2v) is 5.92. The molecule has 0 saturated heterocycles. The molecule has 0 aliphatic carbocycles. The highest BCUT2D eigenvalue weighted by Crippen LogP contribution is 2.31. The zero-order valence-electron chi connectivity index (χ0n) is 15.2. The number of esters is 1. The van der Waals surface area contributed by atoms with E-state index in [9.17, 15) is 4.79 Å². The van der Waals surface area contributed by atoms with Gasteiger partial charge in [-0.3, -0.25) is 0 Å². The molecule has 0 aliphatic heterocycles. The summed E-state index contributed by atoms with van der Waals surface area (Å²) < 4.78 is 26.0. The zero-order valence-corrected chi connectivity index (χ0v) is 15.9. The maximum absolute atomic E-state index is 11.8. The largest absolute Gasteiger partial charge is 0.497 e. The van der Waals surface area contributed by atoms with E-state index in [1.165, 1.54) is 7.11 Å².